The average Bonchev–Trinajstić information content (AvgIpc) is 3.16. The van der Waals surface area contributed by atoms with Crippen LogP contribution in [0.5, 0.6) is 0 Å². The second-order valence-electron chi connectivity index (χ2n) is 5.09. The standard InChI is InChI=1S/C15H17N3OS3/c1-12(17-7-3-4-8-17)22-15(2,11-16)6-5-13(19)18-9-10-21-14(18)20/h3-4,7-8H,1,5-6,9-10H2,2H3. The average molecular weight is 352 g/mol. The van der Waals surface area contributed by atoms with Crippen LogP contribution >= 0.6 is 35.7 Å². The van der Waals surface area contributed by atoms with E-state index in [-0.39, 0.29) is 5.91 Å². The Morgan fingerprint density at radius 3 is 2.82 bits per heavy atom. The Balaban J connectivity index is 1.93. The highest BCUT2D eigenvalue weighted by atomic mass is 32.2. The zero-order valence-electron chi connectivity index (χ0n) is 12.3. The number of amides is 1. The van der Waals surface area contributed by atoms with Gasteiger partial charge in [0.25, 0.3) is 0 Å². The van der Waals surface area contributed by atoms with E-state index in [1.165, 1.54) is 23.5 Å². The van der Waals surface area contributed by atoms with E-state index in [1.54, 1.807) is 4.90 Å². The largest absolute Gasteiger partial charge is 0.319 e. The Morgan fingerprint density at radius 1 is 1.59 bits per heavy atom. The first-order chi connectivity index (χ1) is 10.4. The molecule has 0 spiro atoms. The maximum atomic E-state index is 12.2. The van der Waals surface area contributed by atoms with Crippen molar-refractivity contribution in [3.05, 3.63) is 31.1 Å². The molecule has 1 fully saturated rings. The molecule has 7 heteroatoms. The SMILES string of the molecule is C=C(SC(C)(C#N)CCC(=O)N1CCSC1=S)n1cccc1. The van der Waals surface area contributed by atoms with E-state index >= 15 is 0 Å². The lowest BCUT2D eigenvalue weighted by atomic mass is 10.1. The minimum Gasteiger partial charge on any atom is -0.319 e. The minimum atomic E-state index is -0.689. The fourth-order valence-electron chi connectivity index (χ4n) is 2.04. The molecule has 1 atom stereocenters. The summed E-state index contributed by atoms with van der Waals surface area (Å²) in [6.45, 7) is 6.52. The van der Waals surface area contributed by atoms with Crippen LogP contribution in [0.2, 0.25) is 0 Å². The van der Waals surface area contributed by atoms with Crippen molar-refractivity contribution in [2.45, 2.75) is 24.5 Å². The molecule has 1 aromatic rings. The molecule has 2 heterocycles. The van der Waals surface area contributed by atoms with Crippen LogP contribution in [0.3, 0.4) is 0 Å². The molecular weight excluding hydrogens is 334 g/mol. The molecule has 1 unspecified atom stereocenters. The fourth-order valence-corrected chi connectivity index (χ4v) is 4.28. The first-order valence-electron chi connectivity index (χ1n) is 6.85. The van der Waals surface area contributed by atoms with Gasteiger partial charge in [-0.25, -0.2) is 0 Å². The number of aromatic nitrogens is 1. The molecule has 1 aliphatic heterocycles. The quantitative estimate of drug-likeness (QED) is 0.733. The van der Waals surface area contributed by atoms with Crippen molar-refractivity contribution in [2.75, 3.05) is 12.3 Å². The van der Waals surface area contributed by atoms with E-state index in [1.807, 2.05) is 36.0 Å². The highest BCUT2D eigenvalue weighted by molar-refractivity contribution is 8.23. The number of nitriles is 1. The van der Waals surface area contributed by atoms with Gasteiger partial charge in [-0.15, -0.1) is 0 Å². The molecule has 1 amide bonds. The number of carbonyl (C=O) groups excluding carboxylic acids is 1. The number of thiocarbonyl (C=S) groups is 1. The van der Waals surface area contributed by atoms with Gasteiger partial charge in [0.05, 0.1) is 11.1 Å². The molecule has 0 bridgehead atoms. The van der Waals surface area contributed by atoms with Crippen LogP contribution in [0.25, 0.3) is 5.03 Å². The number of nitrogens with zero attached hydrogens (tertiary/aromatic N) is 3. The molecule has 116 valence electrons. The summed E-state index contributed by atoms with van der Waals surface area (Å²) in [4.78, 5) is 13.9. The number of hydrogen-bond donors (Lipinski definition) is 0. The highest BCUT2D eigenvalue weighted by Gasteiger charge is 2.30. The Hall–Kier alpha value is -1.23. The second-order valence-corrected chi connectivity index (χ2v) is 8.39. The van der Waals surface area contributed by atoms with Gasteiger partial charge in [0.1, 0.15) is 9.07 Å². The Morgan fingerprint density at radius 2 is 2.27 bits per heavy atom. The van der Waals surface area contributed by atoms with Gasteiger partial charge in [0, 0.05) is 31.1 Å². The van der Waals surface area contributed by atoms with Crippen molar-refractivity contribution in [3.8, 4) is 6.07 Å². The third kappa shape index (κ3) is 4.15. The van der Waals surface area contributed by atoms with E-state index in [0.717, 1.165) is 10.8 Å². The van der Waals surface area contributed by atoms with Crippen molar-refractivity contribution in [3.63, 3.8) is 0 Å². The molecule has 4 nitrogen and oxygen atoms in total. The topological polar surface area (TPSA) is 49.0 Å². The highest BCUT2D eigenvalue weighted by Crippen LogP contribution is 2.37. The van der Waals surface area contributed by atoms with Gasteiger partial charge in [-0.1, -0.05) is 42.3 Å². The predicted octanol–water partition coefficient (Wildman–Crippen LogP) is 3.57. The second kappa shape index (κ2) is 7.36. The van der Waals surface area contributed by atoms with Crippen LogP contribution < -0.4 is 0 Å². The van der Waals surface area contributed by atoms with Gasteiger partial charge < -0.3 is 4.57 Å². The third-order valence-corrected chi connectivity index (χ3v) is 5.97. The smallest absolute Gasteiger partial charge is 0.228 e. The molecule has 1 aromatic heterocycles. The van der Waals surface area contributed by atoms with E-state index in [2.05, 4.69) is 12.6 Å². The molecule has 0 aliphatic carbocycles. The number of carbonyl (C=O) groups is 1. The maximum absolute atomic E-state index is 12.2. The van der Waals surface area contributed by atoms with Gasteiger partial charge in [0.2, 0.25) is 5.91 Å². The Labute approximate surface area is 144 Å². The van der Waals surface area contributed by atoms with Crippen molar-refractivity contribution >= 4 is 51.0 Å². The molecular formula is C15H17N3OS3. The number of thioether (sulfide) groups is 2. The lowest BCUT2D eigenvalue weighted by Gasteiger charge is -2.23. The van der Waals surface area contributed by atoms with Crippen LogP contribution in [0.1, 0.15) is 19.8 Å². The van der Waals surface area contributed by atoms with E-state index < -0.39 is 4.75 Å². The molecule has 2 rings (SSSR count). The van der Waals surface area contributed by atoms with Gasteiger partial charge in [-0.2, -0.15) is 5.26 Å². The number of rotatable bonds is 6. The van der Waals surface area contributed by atoms with E-state index in [0.29, 0.717) is 23.7 Å². The first kappa shape index (κ1) is 17.1. The fraction of sp³-hybridized carbons (Fsp3) is 0.400. The van der Waals surface area contributed by atoms with E-state index in [9.17, 15) is 10.1 Å². The molecule has 1 saturated heterocycles. The van der Waals surface area contributed by atoms with Gasteiger partial charge in [0.15, 0.2) is 0 Å². The van der Waals surface area contributed by atoms with E-state index in [4.69, 9.17) is 12.2 Å². The van der Waals surface area contributed by atoms with Crippen LogP contribution in [0.4, 0.5) is 0 Å². The summed E-state index contributed by atoms with van der Waals surface area (Å²) >= 11 is 8.08. The zero-order valence-corrected chi connectivity index (χ0v) is 14.8. The van der Waals surface area contributed by atoms with Crippen LogP contribution in [-0.4, -0.2) is 36.7 Å². The summed E-state index contributed by atoms with van der Waals surface area (Å²) in [5.74, 6) is 0.864. The predicted molar refractivity (Wildman–Crippen MR) is 97.4 cm³/mol. The van der Waals surface area contributed by atoms with Crippen molar-refractivity contribution < 1.29 is 4.79 Å². The summed E-state index contributed by atoms with van der Waals surface area (Å²) in [7, 11) is 0. The summed E-state index contributed by atoms with van der Waals surface area (Å²) in [5, 5.41) is 10.3. The third-order valence-electron chi connectivity index (χ3n) is 3.35. The van der Waals surface area contributed by atoms with Crippen molar-refractivity contribution in [1.29, 1.82) is 5.26 Å². The Bertz CT molecular complexity index is 620. The van der Waals surface area contributed by atoms with Crippen LogP contribution in [-0.2, 0) is 4.79 Å². The molecule has 0 aromatic carbocycles. The summed E-state index contributed by atoms with van der Waals surface area (Å²) in [6, 6.07) is 6.12. The summed E-state index contributed by atoms with van der Waals surface area (Å²) in [6.07, 6.45) is 4.56. The summed E-state index contributed by atoms with van der Waals surface area (Å²) < 4.78 is 1.83. The minimum absolute atomic E-state index is 0.00338. The molecule has 0 saturated carbocycles. The normalized spacial score (nSPS) is 17.1. The number of hydrogen-bond acceptors (Lipinski definition) is 5. The maximum Gasteiger partial charge on any atom is 0.228 e. The zero-order chi connectivity index (χ0) is 16.2. The van der Waals surface area contributed by atoms with Crippen molar-refractivity contribution in [1.82, 2.24) is 9.47 Å². The van der Waals surface area contributed by atoms with Gasteiger partial charge in [-0.05, 0) is 25.5 Å². The lowest BCUT2D eigenvalue weighted by molar-refractivity contribution is -0.127. The van der Waals surface area contributed by atoms with Crippen molar-refractivity contribution in [2.24, 2.45) is 0 Å². The lowest BCUT2D eigenvalue weighted by Crippen LogP contribution is -2.32. The first-order valence-corrected chi connectivity index (χ1v) is 9.06. The van der Waals surface area contributed by atoms with Gasteiger partial charge in [-0.3, -0.25) is 9.69 Å². The molecule has 0 radical (unpaired) electrons. The summed E-state index contributed by atoms with van der Waals surface area (Å²) in [5.41, 5.74) is 0. The molecule has 22 heavy (non-hydrogen) atoms. The molecule has 0 N–H and O–H groups in total. The van der Waals surface area contributed by atoms with Gasteiger partial charge >= 0.3 is 0 Å². The van der Waals surface area contributed by atoms with Crippen LogP contribution in [0, 0.1) is 11.3 Å². The molecule has 1 aliphatic rings. The Kier molecular flexibility index (Phi) is 5.73. The van der Waals surface area contributed by atoms with Crippen LogP contribution in [0.15, 0.2) is 31.1 Å². The monoisotopic (exact) mass is 351 g/mol.